The van der Waals surface area contributed by atoms with Gasteiger partial charge in [-0.25, -0.2) is 13.8 Å². The molecule has 0 saturated heterocycles. The molecule has 0 bridgehead atoms. The highest BCUT2D eigenvalue weighted by Crippen LogP contribution is 2.61. The average molecular weight is 339 g/mol. The Bertz CT molecular complexity index is 860. The van der Waals surface area contributed by atoms with Crippen LogP contribution in [-0.4, -0.2) is 9.97 Å². The molecule has 0 unspecified atom stereocenters. The third-order valence-electron chi connectivity index (χ3n) is 5.17. The number of benzene rings is 1. The first-order chi connectivity index (χ1) is 12.0. The average Bonchev–Trinajstić information content (AvgIpc) is 3.24. The zero-order valence-electron chi connectivity index (χ0n) is 14.1. The fourth-order valence-electron chi connectivity index (χ4n) is 3.65. The van der Waals surface area contributed by atoms with Gasteiger partial charge in [0.1, 0.15) is 17.5 Å². The molecule has 0 atom stereocenters. The van der Waals surface area contributed by atoms with Gasteiger partial charge in [-0.05, 0) is 55.7 Å². The highest BCUT2D eigenvalue weighted by molar-refractivity contribution is 5.75. The summed E-state index contributed by atoms with van der Waals surface area (Å²) in [7, 11) is 0. The van der Waals surface area contributed by atoms with E-state index in [0.717, 1.165) is 18.5 Å². The lowest BCUT2D eigenvalue weighted by Crippen LogP contribution is -2.05. The Kier molecular flexibility index (Phi) is 3.67. The van der Waals surface area contributed by atoms with Gasteiger partial charge in [-0.1, -0.05) is 18.2 Å². The van der Waals surface area contributed by atoms with Gasteiger partial charge in [0.05, 0.1) is 23.7 Å². The topological polar surface area (TPSA) is 37.8 Å². The summed E-state index contributed by atoms with van der Waals surface area (Å²) in [5, 5.41) is 2.83. The Balaban J connectivity index is 1.51. The van der Waals surface area contributed by atoms with Gasteiger partial charge in [0, 0.05) is 5.70 Å². The van der Waals surface area contributed by atoms with E-state index in [2.05, 4.69) is 28.8 Å². The molecule has 1 aromatic carbocycles. The van der Waals surface area contributed by atoms with E-state index in [9.17, 15) is 8.78 Å². The number of halogens is 2. The standard InChI is InChI=1S/C20H19F2N3/c1-12-8-20(6-7-20)9-14(12)17-10-24-18(11-23-17)25-13(2)19-15(21)4-3-5-16(19)22/h3-5,10-11H,2,6-9H2,1H3,(H,24,25). The van der Waals surface area contributed by atoms with E-state index in [-0.39, 0.29) is 11.3 Å². The number of rotatable bonds is 4. The molecule has 1 N–H and O–H groups in total. The minimum atomic E-state index is -0.663. The molecule has 0 radical (unpaired) electrons. The van der Waals surface area contributed by atoms with Gasteiger partial charge in [0.25, 0.3) is 0 Å². The van der Waals surface area contributed by atoms with Gasteiger partial charge in [0.15, 0.2) is 0 Å². The van der Waals surface area contributed by atoms with Gasteiger partial charge in [-0.2, -0.15) is 0 Å². The zero-order valence-corrected chi connectivity index (χ0v) is 14.1. The van der Waals surface area contributed by atoms with Crippen LogP contribution in [0.15, 0.2) is 42.7 Å². The number of hydrogen-bond donors (Lipinski definition) is 1. The fraction of sp³-hybridized carbons (Fsp3) is 0.300. The first-order valence-electron chi connectivity index (χ1n) is 8.39. The molecule has 1 saturated carbocycles. The molecular weight excluding hydrogens is 320 g/mol. The molecule has 1 heterocycles. The zero-order chi connectivity index (χ0) is 17.6. The summed E-state index contributed by atoms with van der Waals surface area (Å²) in [6.07, 6.45) is 8.13. The van der Waals surface area contributed by atoms with Crippen molar-refractivity contribution in [1.82, 2.24) is 9.97 Å². The van der Waals surface area contributed by atoms with Gasteiger partial charge in [0.2, 0.25) is 0 Å². The van der Waals surface area contributed by atoms with E-state index in [1.165, 1.54) is 42.2 Å². The van der Waals surface area contributed by atoms with E-state index >= 15 is 0 Å². The number of hydrogen-bond acceptors (Lipinski definition) is 3. The number of nitrogens with one attached hydrogen (secondary N) is 1. The SMILES string of the molecule is C=C(Nc1cnc(C2=C(C)CC3(CC3)C2)cn1)c1c(F)cccc1F. The minimum absolute atomic E-state index is 0.117. The lowest BCUT2D eigenvalue weighted by atomic mass is 10.0. The maximum Gasteiger partial charge on any atom is 0.148 e. The number of aromatic nitrogens is 2. The summed E-state index contributed by atoms with van der Waals surface area (Å²) >= 11 is 0. The Morgan fingerprint density at radius 1 is 1.12 bits per heavy atom. The minimum Gasteiger partial charge on any atom is -0.339 e. The predicted molar refractivity (Wildman–Crippen MR) is 94.5 cm³/mol. The van der Waals surface area contributed by atoms with Gasteiger partial charge >= 0.3 is 0 Å². The molecule has 2 aliphatic rings. The lowest BCUT2D eigenvalue weighted by molar-refractivity contribution is 0.553. The Hall–Kier alpha value is -2.56. The molecular formula is C20H19F2N3. The van der Waals surface area contributed by atoms with Crippen molar-refractivity contribution in [2.24, 2.45) is 5.41 Å². The van der Waals surface area contributed by atoms with Crippen molar-refractivity contribution in [2.75, 3.05) is 5.32 Å². The summed E-state index contributed by atoms with van der Waals surface area (Å²) < 4.78 is 27.6. The number of anilines is 1. The largest absolute Gasteiger partial charge is 0.339 e. The van der Waals surface area contributed by atoms with Crippen LogP contribution in [0.4, 0.5) is 14.6 Å². The van der Waals surface area contributed by atoms with Crippen molar-refractivity contribution in [1.29, 1.82) is 0 Å². The first-order valence-corrected chi connectivity index (χ1v) is 8.39. The molecule has 2 aromatic rings. The molecule has 0 amide bonds. The summed E-state index contributed by atoms with van der Waals surface area (Å²) in [6, 6.07) is 3.71. The van der Waals surface area contributed by atoms with Crippen LogP contribution in [0.25, 0.3) is 11.3 Å². The number of allylic oxidation sites excluding steroid dienone is 2. The van der Waals surface area contributed by atoms with E-state index in [0.29, 0.717) is 11.2 Å². The second-order valence-electron chi connectivity index (χ2n) is 7.10. The van der Waals surface area contributed by atoms with Crippen LogP contribution in [0.3, 0.4) is 0 Å². The maximum atomic E-state index is 13.8. The van der Waals surface area contributed by atoms with E-state index in [1.807, 2.05) is 0 Å². The molecule has 128 valence electrons. The number of nitrogens with zero attached hydrogens (tertiary/aromatic N) is 2. The monoisotopic (exact) mass is 339 g/mol. The van der Waals surface area contributed by atoms with Crippen molar-refractivity contribution in [3.8, 4) is 0 Å². The van der Waals surface area contributed by atoms with Crippen LogP contribution in [0.2, 0.25) is 0 Å². The molecule has 3 nitrogen and oxygen atoms in total. The van der Waals surface area contributed by atoms with Crippen molar-refractivity contribution >= 4 is 17.1 Å². The molecule has 25 heavy (non-hydrogen) atoms. The summed E-state index contributed by atoms with van der Waals surface area (Å²) in [5.74, 6) is -0.916. The second kappa shape index (κ2) is 5.76. The van der Waals surface area contributed by atoms with Crippen LogP contribution in [0, 0.1) is 17.0 Å². The molecule has 4 rings (SSSR count). The third kappa shape index (κ3) is 2.95. The lowest BCUT2D eigenvalue weighted by Gasteiger charge is -2.11. The Morgan fingerprint density at radius 3 is 2.40 bits per heavy atom. The summed E-state index contributed by atoms with van der Waals surface area (Å²) in [4.78, 5) is 8.82. The molecule has 0 aliphatic heterocycles. The fourth-order valence-corrected chi connectivity index (χ4v) is 3.65. The normalized spacial score (nSPS) is 17.9. The molecule has 5 heteroatoms. The van der Waals surface area contributed by atoms with E-state index < -0.39 is 11.6 Å². The van der Waals surface area contributed by atoms with Gasteiger partial charge in [-0.3, -0.25) is 4.98 Å². The van der Waals surface area contributed by atoms with Gasteiger partial charge < -0.3 is 5.32 Å². The highest BCUT2D eigenvalue weighted by atomic mass is 19.1. The smallest absolute Gasteiger partial charge is 0.148 e. The molecule has 1 spiro atoms. The van der Waals surface area contributed by atoms with E-state index in [4.69, 9.17) is 0 Å². The van der Waals surface area contributed by atoms with Crippen LogP contribution in [0.5, 0.6) is 0 Å². The highest BCUT2D eigenvalue weighted by Gasteiger charge is 2.47. The Labute approximate surface area is 145 Å². The first kappa shape index (κ1) is 15.9. The van der Waals surface area contributed by atoms with Crippen molar-refractivity contribution in [3.05, 3.63) is 65.6 Å². The van der Waals surface area contributed by atoms with Crippen molar-refractivity contribution in [3.63, 3.8) is 0 Å². The van der Waals surface area contributed by atoms with Crippen LogP contribution >= 0.6 is 0 Å². The molecule has 1 fully saturated rings. The van der Waals surface area contributed by atoms with Crippen molar-refractivity contribution < 1.29 is 8.78 Å². The Morgan fingerprint density at radius 2 is 1.84 bits per heavy atom. The quantitative estimate of drug-likeness (QED) is 0.833. The summed E-state index contributed by atoms with van der Waals surface area (Å²) in [5.41, 5.74) is 3.99. The third-order valence-corrected chi connectivity index (χ3v) is 5.17. The molecule has 1 aromatic heterocycles. The second-order valence-corrected chi connectivity index (χ2v) is 7.10. The molecule has 2 aliphatic carbocycles. The van der Waals surface area contributed by atoms with Gasteiger partial charge in [-0.15, -0.1) is 0 Å². The van der Waals surface area contributed by atoms with Crippen LogP contribution in [0.1, 0.15) is 43.9 Å². The summed E-state index contributed by atoms with van der Waals surface area (Å²) in [6.45, 7) is 5.88. The predicted octanol–water partition coefficient (Wildman–Crippen LogP) is 5.19. The van der Waals surface area contributed by atoms with Crippen LogP contribution < -0.4 is 5.32 Å². The van der Waals surface area contributed by atoms with Crippen LogP contribution in [-0.2, 0) is 0 Å². The maximum absolute atomic E-state index is 13.8. The van der Waals surface area contributed by atoms with Crippen molar-refractivity contribution in [2.45, 2.75) is 32.6 Å². The van der Waals surface area contributed by atoms with E-state index in [1.54, 1.807) is 12.4 Å².